The monoisotopic (exact) mass is 440 g/mol. The average molecular weight is 441 g/mol. The van der Waals surface area contributed by atoms with Crippen LogP contribution in [-0.4, -0.2) is 61.8 Å². The third-order valence-electron chi connectivity index (χ3n) is 9.17. The molecule has 1 saturated carbocycles. The standard InChI is InChI=1S/C27H42N3O2/c1-3-32-27(31)21-6-9-24(10-7-21)29-15-13-22-17-25(11-8-23(22)19-29)30(16-4-5-20(30)2)26-12-14-28-18-26/h8,11,17,20-21,24,26,28H,3-7,9-10,12-16,18-19H2,1-2H3/q+1/t20-,21?,24?,26-,30?/m0/s1. The summed E-state index contributed by atoms with van der Waals surface area (Å²) in [6.07, 6.45) is 9.42. The van der Waals surface area contributed by atoms with Gasteiger partial charge in [0.05, 0.1) is 25.1 Å². The Morgan fingerprint density at radius 3 is 2.69 bits per heavy atom. The number of esters is 1. The molecule has 0 aromatic heterocycles. The first-order valence-electron chi connectivity index (χ1n) is 13.2. The lowest BCUT2D eigenvalue weighted by molar-refractivity contribution is -0.149. The summed E-state index contributed by atoms with van der Waals surface area (Å²) >= 11 is 0. The molecule has 176 valence electrons. The van der Waals surface area contributed by atoms with E-state index >= 15 is 0 Å². The Balaban J connectivity index is 1.27. The zero-order valence-electron chi connectivity index (χ0n) is 20.2. The summed E-state index contributed by atoms with van der Waals surface area (Å²) in [4.78, 5) is 14.8. The van der Waals surface area contributed by atoms with Crippen molar-refractivity contribution in [2.75, 3.05) is 32.8 Å². The predicted octanol–water partition coefficient (Wildman–Crippen LogP) is 4.02. The van der Waals surface area contributed by atoms with Crippen LogP contribution >= 0.6 is 0 Å². The fraction of sp³-hybridized carbons (Fsp3) is 0.741. The number of hydrogen-bond acceptors (Lipinski definition) is 4. The van der Waals surface area contributed by atoms with Crippen LogP contribution in [0.15, 0.2) is 18.2 Å². The van der Waals surface area contributed by atoms with Crippen molar-refractivity contribution >= 4 is 11.7 Å². The zero-order chi connectivity index (χ0) is 22.1. The van der Waals surface area contributed by atoms with Gasteiger partial charge in [-0.05, 0) is 63.1 Å². The van der Waals surface area contributed by atoms with E-state index in [2.05, 4.69) is 35.3 Å². The molecule has 32 heavy (non-hydrogen) atoms. The molecular formula is C27H42N3O2+. The van der Waals surface area contributed by atoms with Crippen molar-refractivity contribution in [3.05, 3.63) is 29.3 Å². The third-order valence-corrected chi connectivity index (χ3v) is 9.17. The predicted molar refractivity (Wildman–Crippen MR) is 130 cm³/mol. The minimum atomic E-state index is 0.0214. The van der Waals surface area contributed by atoms with Crippen LogP contribution in [0.2, 0.25) is 0 Å². The number of carbonyl (C=O) groups excluding carboxylic acids is 1. The molecule has 0 amide bonds. The van der Waals surface area contributed by atoms with Crippen LogP contribution < -0.4 is 9.80 Å². The molecule has 5 nitrogen and oxygen atoms in total. The van der Waals surface area contributed by atoms with Gasteiger partial charge in [0.15, 0.2) is 0 Å². The Labute approximate surface area is 194 Å². The smallest absolute Gasteiger partial charge is 0.308 e. The van der Waals surface area contributed by atoms with Gasteiger partial charge in [-0.2, -0.15) is 0 Å². The van der Waals surface area contributed by atoms with Crippen molar-refractivity contribution in [1.29, 1.82) is 0 Å². The zero-order valence-corrected chi connectivity index (χ0v) is 20.2. The van der Waals surface area contributed by atoms with E-state index in [0.717, 1.165) is 57.3 Å². The van der Waals surface area contributed by atoms with Gasteiger partial charge < -0.3 is 10.1 Å². The number of carbonyl (C=O) groups is 1. The molecule has 3 aliphatic heterocycles. The van der Waals surface area contributed by atoms with Crippen LogP contribution in [-0.2, 0) is 22.5 Å². The number of fused-ring (bicyclic) bond motifs is 1. The summed E-state index contributed by atoms with van der Waals surface area (Å²) < 4.78 is 6.47. The summed E-state index contributed by atoms with van der Waals surface area (Å²) in [6, 6.07) is 9.60. The maximum Gasteiger partial charge on any atom is 0.308 e. The first kappa shape index (κ1) is 22.4. The van der Waals surface area contributed by atoms with Crippen LogP contribution in [0.5, 0.6) is 0 Å². The van der Waals surface area contributed by atoms with Crippen LogP contribution in [0.4, 0.5) is 5.69 Å². The molecule has 2 saturated heterocycles. The van der Waals surface area contributed by atoms with Crippen molar-refractivity contribution in [3.8, 4) is 0 Å². The highest BCUT2D eigenvalue weighted by Gasteiger charge is 2.48. The van der Waals surface area contributed by atoms with Gasteiger partial charge in [0.1, 0.15) is 11.7 Å². The molecule has 1 aromatic rings. The molecule has 0 radical (unpaired) electrons. The second-order valence-corrected chi connectivity index (χ2v) is 10.7. The van der Waals surface area contributed by atoms with E-state index in [9.17, 15) is 4.79 Å². The molecule has 0 spiro atoms. The lowest BCUT2D eigenvalue weighted by Gasteiger charge is -2.44. The van der Waals surface area contributed by atoms with Gasteiger partial charge in [0.2, 0.25) is 0 Å². The minimum Gasteiger partial charge on any atom is -0.466 e. The van der Waals surface area contributed by atoms with Crippen LogP contribution in [0.25, 0.3) is 0 Å². The number of quaternary nitrogens is 1. The molecular weight excluding hydrogens is 398 g/mol. The second-order valence-electron chi connectivity index (χ2n) is 10.7. The van der Waals surface area contributed by atoms with Crippen molar-refractivity contribution in [3.63, 3.8) is 0 Å². The third kappa shape index (κ3) is 4.01. The fourth-order valence-corrected chi connectivity index (χ4v) is 7.34. The molecule has 1 N–H and O–H groups in total. The van der Waals surface area contributed by atoms with E-state index in [0.29, 0.717) is 12.6 Å². The van der Waals surface area contributed by atoms with Crippen LogP contribution in [0.3, 0.4) is 0 Å². The molecule has 1 aliphatic carbocycles. The van der Waals surface area contributed by atoms with Gasteiger partial charge in [0, 0.05) is 57.5 Å². The summed E-state index contributed by atoms with van der Waals surface area (Å²) in [5.41, 5.74) is 4.69. The molecule has 0 bridgehead atoms. The summed E-state index contributed by atoms with van der Waals surface area (Å²) in [6.45, 7) is 10.8. The van der Waals surface area contributed by atoms with Crippen molar-refractivity contribution in [1.82, 2.24) is 14.7 Å². The number of rotatable bonds is 5. The number of likely N-dealkylation sites (tertiary alicyclic amines) is 1. The van der Waals surface area contributed by atoms with Gasteiger partial charge in [-0.25, -0.2) is 0 Å². The quantitative estimate of drug-likeness (QED) is 0.555. The lowest BCUT2D eigenvalue weighted by Crippen LogP contribution is -2.59. The Morgan fingerprint density at radius 1 is 1.16 bits per heavy atom. The molecule has 5 rings (SSSR count). The molecule has 3 atom stereocenters. The summed E-state index contributed by atoms with van der Waals surface area (Å²) in [5.74, 6) is 0.145. The highest BCUT2D eigenvalue weighted by molar-refractivity contribution is 5.72. The molecule has 1 aromatic carbocycles. The van der Waals surface area contributed by atoms with Gasteiger partial charge in [-0.15, -0.1) is 0 Å². The Bertz CT molecular complexity index is 813. The van der Waals surface area contributed by atoms with Crippen LogP contribution in [0, 0.1) is 5.92 Å². The number of hydrogen-bond donors (Lipinski definition) is 1. The number of nitrogens with zero attached hydrogens (tertiary/aromatic N) is 2. The number of benzene rings is 1. The van der Waals surface area contributed by atoms with E-state index in [1.165, 1.54) is 48.9 Å². The first-order valence-corrected chi connectivity index (χ1v) is 13.2. The molecule has 4 aliphatic rings. The maximum atomic E-state index is 12.1. The van der Waals surface area contributed by atoms with Crippen molar-refractivity contribution < 1.29 is 9.53 Å². The van der Waals surface area contributed by atoms with Crippen LogP contribution in [0.1, 0.15) is 69.9 Å². The Hall–Kier alpha value is -1.43. The Kier molecular flexibility index (Phi) is 6.60. The second kappa shape index (κ2) is 9.44. The van der Waals surface area contributed by atoms with Crippen molar-refractivity contribution in [2.24, 2.45) is 5.92 Å². The first-order chi connectivity index (χ1) is 15.6. The summed E-state index contributed by atoms with van der Waals surface area (Å²) in [5, 5.41) is 3.63. The van der Waals surface area contributed by atoms with Gasteiger partial charge in [-0.1, -0.05) is 6.07 Å². The highest BCUT2D eigenvalue weighted by atomic mass is 16.5. The SMILES string of the molecule is CCOC(=O)C1CCC(N2CCc3cc([N+]4([C@H]5CCNC5)CCC[C@@H]4C)ccc3C2)CC1. The minimum absolute atomic E-state index is 0.0214. The van der Waals surface area contributed by atoms with Crippen molar-refractivity contribution in [2.45, 2.75) is 89.9 Å². The van der Waals surface area contributed by atoms with Gasteiger partial charge >= 0.3 is 5.97 Å². The molecule has 5 heteroatoms. The van der Waals surface area contributed by atoms with E-state index in [1.807, 2.05) is 6.92 Å². The molecule has 3 fully saturated rings. The van der Waals surface area contributed by atoms with Gasteiger partial charge in [0.25, 0.3) is 0 Å². The average Bonchev–Trinajstić information content (AvgIpc) is 3.49. The van der Waals surface area contributed by atoms with E-state index in [-0.39, 0.29) is 11.9 Å². The number of ether oxygens (including phenoxy) is 1. The number of nitrogens with one attached hydrogen (secondary N) is 1. The van der Waals surface area contributed by atoms with E-state index in [4.69, 9.17) is 4.74 Å². The molecule has 3 heterocycles. The lowest BCUT2D eigenvalue weighted by atomic mass is 9.84. The Morgan fingerprint density at radius 2 is 2.00 bits per heavy atom. The topological polar surface area (TPSA) is 41.6 Å². The van der Waals surface area contributed by atoms with E-state index < -0.39 is 0 Å². The molecule has 1 unspecified atom stereocenters. The largest absolute Gasteiger partial charge is 0.466 e. The van der Waals surface area contributed by atoms with Gasteiger partial charge in [-0.3, -0.25) is 14.2 Å². The highest BCUT2D eigenvalue weighted by Crippen LogP contribution is 2.41. The maximum absolute atomic E-state index is 12.1. The summed E-state index contributed by atoms with van der Waals surface area (Å²) in [7, 11) is 0. The van der Waals surface area contributed by atoms with E-state index in [1.54, 1.807) is 11.3 Å². The fourth-order valence-electron chi connectivity index (χ4n) is 7.34. The normalized spacial score (nSPS) is 35.6.